The molecular formula is C19H24N2O2. The highest BCUT2D eigenvalue weighted by Crippen LogP contribution is 2.38. The minimum Gasteiger partial charge on any atom is -0.477 e. The number of aromatic nitrogens is 2. The van der Waals surface area contributed by atoms with Gasteiger partial charge in [-0.15, -0.1) is 0 Å². The van der Waals surface area contributed by atoms with Gasteiger partial charge < -0.3 is 4.74 Å². The number of rotatable bonds is 5. The Morgan fingerprint density at radius 2 is 1.91 bits per heavy atom. The standard InChI is InChI=1S/C19H24N2O2/c1-3-19(11-9-16(22)10-12-19)14-23-18-13-17(20-21(18)2)15-7-5-4-6-8-15/h4-8,13H,3,9-12,14H2,1-2H3. The van der Waals surface area contributed by atoms with E-state index in [1.807, 2.05) is 43.4 Å². The summed E-state index contributed by atoms with van der Waals surface area (Å²) in [5.74, 6) is 1.18. The van der Waals surface area contributed by atoms with Gasteiger partial charge in [-0.25, -0.2) is 4.68 Å². The molecule has 0 saturated heterocycles. The van der Waals surface area contributed by atoms with Gasteiger partial charge in [-0.3, -0.25) is 4.79 Å². The van der Waals surface area contributed by atoms with Gasteiger partial charge in [0.15, 0.2) is 0 Å². The second-order valence-corrected chi connectivity index (χ2v) is 6.54. The smallest absolute Gasteiger partial charge is 0.212 e. The SMILES string of the molecule is CCC1(COc2cc(-c3ccccc3)nn2C)CCC(=O)CC1. The summed E-state index contributed by atoms with van der Waals surface area (Å²) >= 11 is 0. The van der Waals surface area contributed by atoms with Crippen LogP contribution >= 0.6 is 0 Å². The Bertz CT molecular complexity index is 666. The largest absolute Gasteiger partial charge is 0.477 e. The first kappa shape index (κ1) is 15.8. The number of aryl methyl sites for hydroxylation is 1. The van der Waals surface area contributed by atoms with Crippen LogP contribution in [-0.2, 0) is 11.8 Å². The average molecular weight is 312 g/mol. The molecule has 3 rings (SSSR count). The predicted molar refractivity (Wildman–Crippen MR) is 90.3 cm³/mol. The molecule has 0 spiro atoms. The van der Waals surface area contributed by atoms with Gasteiger partial charge in [0.25, 0.3) is 0 Å². The molecule has 1 aromatic heterocycles. The van der Waals surface area contributed by atoms with Crippen LogP contribution < -0.4 is 4.74 Å². The molecule has 1 aliphatic carbocycles. The lowest BCUT2D eigenvalue weighted by Crippen LogP contribution is -2.33. The van der Waals surface area contributed by atoms with Gasteiger partial charge in [0.2, 0.25) is 5.88 Å². The van der Waals surface area contributed by atoms with E-state index in [-0.39, 0.29) is 5.41 Å². The summed E-state index contributed by atoms with van der Waals surface area (Å²) in [6, 6.07) is 12.1. The molecule has 122 valence electrons. The highest BCUT2D eigenvalue weighted by molar-refractivity contribution is 5.79. The fraction of sp³-hybridized carbons (Fsp3) is 0.474. The Labute approximate surface area is 137 Å². The van der Waals surface area contributed by atoms with Crippen LogP contribution in [0.2, 0.25) is 0 Å². The molecule has 0 atom stereocenters. The van der Waals surface area contributed by atoms with Crippen molar-refractivity contribution >= 4 is 5.78 Å². The van der Waals surface area contributed by atoms with E-state index in [0.717, 1.165) is 36.4 Å². The summed E-state index contributed by atoms with van der Waals surface area (Å²) in [5, 5.41) is 4.54. The molecule has 1 saturated carbocycles. The van der Waals surface area contributed by atoms with Gasteiger partial charge >= 0.3 is 0 Å². The first-order valence-electron chi connectivity index (χ1n) is 8.36. The second-order valence-electron chi connectivity index (χ2n) is 6.54. The van der Waals surface area contributed by atoms with Gasteiger partial charge in [-0.1, -0.05) is 37.3 Å². The maximum absolute atomic E-state index is 11.5. The normalized spacial score (nSPS) is 17.2. The molecule has 2 aromatic rings. The molecule has 0 bridgehead atoms. The van der Waals surface area contributed by atoms with Crippen molar-refractivity contribution in [2.24, 2.45) is 12.5 Å². The average Bonchev–Trinajstić information content (AvgIpc) is 2.97. The van der Waals surface area contributed by atoms with Crippen LogP contribution in [0.5, 0.6) is 5.88 Å². The van der Waals surface area contributed by atoms with Crippen molar-refractivity contribution in [3.05, 3.63) is 36.4 Å². The van der Waals surface area contributed by atoms with Gasteiger partial charge in [0, 0.05) is 36.9 Å². The van der Waals surface area contributed by atoms with Crippen LogP contribution in [-0.4, -0.2) is 22.2 Å². The van der Waals surface area contributed by atoms with Crippen molar-refractivity contribution in [3.63, 3.8) is 0 Å². The fourth-order valence-electron chi connectivity index (χ4n) is 3.22. The molecule has 1 aliphatic rings. The molecule has 1 fully saturated rings. The summed E-state index contributed by atoms with van der Waals surface area (Å²) in [6.07, 6.45) is 4.30. The highest BCUT2D eigenvalue weighted by Gasteiger charge is 2.34. The third kappa shape index (κ3) is 3.46. The van der Waals surface area contributed by atoms with Crippen LogP contribution in [0.1, 0.15) is 39.0 Å². The summed E-state index contributed by atoms with van der Waals surface area (Å²) in [6.45, 7) is 2.85. The van der Waals surface area contributed by atoms with Gasteiger partial charge in [0.05, 0.1) is 12.3 Å². The molecule has 0 N–H and O–H groups in total. The van der Waals surface area contributed by atoms with E-state index >= 15 is 0 Å². The van der Waals surface area contributed by atoms with Crippen molar-refractivity contribution in [1.82, 2.24) is 9.78 Å². The van der Waals surface area contributed by atoms with Crippen molar-refractivity contribution in [2.45, 2.75) is 39.0 Å². The Balaban J connectivity index is 1.71. The molecule has 1 heterocycles. The number of Topliss-reactive ketones (excluding diaryl/α,β-unsaturated/α-hetero) is 1. The minimum absolute atomic E-state index is 0.130. The Morgan fingerprint density at radius 1 is 1.22 bits per heavy atom. The molecule has 23 heavy (non-hydrogen) atoms. The number of hydrogen-bond acceptors (Lipinski definition) is 3. The van der Waals surface area contributed by atoms with E-state index in [0.29, 0.717) is 25.2 Å². The van der Waals surface area contributed by atoms with E-state index in [4.69, 9.17) is 4.74 Å². The second kappa shape index (κ2) is 6.57. The van der Waals surface area contributed by atoms with E-state index < -0.39 is 0 Å². The topological polar surface area (TPSA) is 44.1 Å². The number of ether oxygens (including phenoxy) is 1. The monoisotopic (exact) mass is 312 g/mol. The summed E-state index contributed by atoms with van der Waals surface area (Å²) in [7, 11) is 1.91. The molecular weight excluding hydrogens is 288 g/mol. The minimum atomic E-state index is 0.130. The van der Waals surface area contributed by atoms with Crippen LogP contribution in [0.3, 0.4) is 0 Å². The zero-order valence-corrected chi connectivity index (χ0v) is 13.9. The molecule has 1 aromatic carbocycles. The number of ketones is 1. The van der Waals surface area contributed by atoms with E-state index in [2.05, 4.69) is 12.0 Å². The van der Waals surface area contributed by atoms with Crippen molar-refractivity contribution in [2.75, 3.05) is 6.61 Å². The lowest BCUT2D eigenvalue weighted by Gasteiger charge is -2.35. The lowest BCUT2D eigenvalue weighted by atomic mass is 9.72. The van der Waals surface area contributed by atoms with Crippen LogP contribution in [0.25, 0.3) is 11.3 Å². The zero-order valence-electron chi connectivity index (χ0n) is 13.9. The number of nitrogens with zero attached hydrogens (tertiary/aromatic N) is 2. The molecule has 0 unspecified atom stereocenters. The van der Waals surface area contributed by atoms with Crippen molar-refractivity contribution in [3.8, 4) is 17.1 Å². The first-order chi connectivity index (χ1) is 11.1. The van der Waals surface area contributed by atoms with E-state index in [1.54, 1.807) is 4.68 Å². The van der Waals surface area contributed by atoms with Gasteiger partial charge in [-0.05, 0) is 19.3 Å². The first-order valence-corrected chi connectivity index (χ1v) is 8.36. The van der Waals surface area contributed by atoms with Crippen molar-refractivity contribution in [1.29, 1.82) is 0 Å². The van der Waals surface area contributed by atoms with Crippen LogP contribution in [0, 0.1) is 5.41 Å². The van der Waals surface area contributed by atoms with Crippen LogP contribution in [0.4, 0.5) is 0 Å². The molecule has 0 aliphatic heterocycles. The van der Waals surface area contributed by atoms with E-state index in [9.17, 15) is 4.79 Å². The Morgan fingerprint density at radius 3 is 2.57 bits per heavy atom. The Kier molecular flexibility index (Phi) is 4.51. The molecule has 0 amide bonds. The van der Waals surface area contributed by atoms with Gasteiger partial charge in [-0.2, -0.15) is 5.10 Å². The number of benzene rings is 1. The highest BCUT2D eigenvalue weighted by atomic mass is 16.5. The molecule has 4 heteroatoms. The summed E-state index contributed by atoms with van der Waals surface area (Å²) < 4.78 is 7.89. The third-order valence-electron chi connectivity index (χ3n) is 5.05. The predicted octanol–water partition coefficient (Wildman–Crippen LogP) is 4.01. The third-order valence-corrected chi connectivity index (χ3v) is 5.05. The van der Waals surface area contributed by atoms with Crippen LogP contribution in [0.15, 0.2) is 36.4 Å². The number of carbonyl (C=O) groups excluding carboxylic acids is 1. The summed E-state index contributed by atoms with van der Waals surface area (Å²) in [4.78, 5) is 11.5. The number of hydrogen-bond donors (Lipinski definition) is 0. The lowest BCUT2D eigenvalue weighted by molar-refractivity contribution is -0.123. The fourth-order valence-corrected chi connectivity index (χ4v) is 3.22. The van der Waals surface area contributed by atoms with E-state index in [1.165, 1.54) is 0 Å². The maximum Gasteiger partial charge on any atom is 0.212 e. The number of carbonyl (C=O) groups is 1. The Hall–Kier alpha value is -2.10. The zero-order chi connectivity index (χ0) is 16.3. The van der Waals surface area contributed by atoms with Crippen molar-refractivity contribution < 1.29 is 9.53 Å². The molecule has 4 nitrogen and oxygen atoms in total. The maximum atomic E-state index is 11.5. The summed E-state index contributed by atoms with van der Waals surface area (Å²) in [5.41, 5.74) is 2.14. The molecule has 0 radical (unpaired) electrons. The quantitative estimate of drug-likeness (QED) is 0.838. The van der Waals surface area contributed by atoms with Gasteiger partial charge in [0.1, 0.15) is 5.78 Å².